The molecule has 0 amide bonds. The molecule has 0 aliphatic carbocycles. The van der Waals surface area contributed by atoms with Gasteiger partial charge in [-0.3, -0.25) is 4.79 Å². The minimum Gasteiger partial charge on any atom is -0.459 e. The molecule has 0 saturated carbocycles. The van der Waals surface area contributed by atoms with Gasteiger partial charge in [-0.15, -0.1) is 0 Å². The van der Waals surface area contributed by atoms with E-state index in [-0.39, 0.29) is 0 Å². The molecule has 0 heterocycles. The third-order valence-corrected chi connectivity index (χ3v) is 1.26. The van der Waals surface area contributed by atoms with Crippen molar-refractivity contribution in [2.45, 2.75) is 39.7 Å². The molecule has 0 spiro atoms. The molecule has 1 atom stereocenters. The minimum atomic E-state index is -0.621. The molecule has 0 rings (SSSR count). The van der Waals surface area contributed by atoms with Crippen LogP contribution in [0, 0.1) is 17.2 Å². The van der Waals surface area contributed by atoms with Crippen molar-refractivity contribution >= 4 is 5.97 Å². The van der Waals surface area contributed by atoms with Crippen LogP contribution in [-0.4, -0.2) is 11.6 Å². The lowest BCUT2D eigenvalue weighted by Gasteiger charge is -2.20. The van der Waals surface area contributed by atoms with Gasteiger partial charge in [0.1, 0.15) is 11.5 Å². The van der Waals surface area contributed by atoms with Crippen LogP contribution in [0.1, 0.15) is 34.1 Å². The SMILES string of the molecule is CCC(C#N)C(=O)OC(C)(C)C. The molecule has 68 valence electrons. The van der Waals surface area contributed by atoms with E-state index in [1.54, 1.807) is 27.7 Å². The predicted molar refractivity (Wildman–Crippen MR) is 45.2 cm³/mol. The summed E-state index contributed by atoms with van der Waals surface area (Å²) in [6.07, 6.45) is 0.505. The number of hydrogen-bond acceptors (Lipinski definition) is 3. The molecule has 0 fully saturated rings. The van der Waals surface area contributed by atoms with Crippen molar-refractivity contribution in [3.63, 3.8) is 0 Å². The molecule has 0 saturated heterocycles. The van der Waals surface area contributed by atoms with Crippen LogP contribution in [0.4, 0.5) is 0 Å². The van der Waals surface area contributed by atoms with Crippen molar-refractivity contribution in [3.05, 3.63) is 0 Å². The lowest BCUT2D eigenvalue weighted by molar-refractivity contribution is -0.157. The largest absolute Gasteiger partial charge is 0.459 e. The van der Waals surface area contributed by atoms with E-state index in [0.717, 1.165) is 0 Å². The zero-order chi connectivity index (χ0) is 9.78. The van der Waals surface area contributed by atoms with Gasteiger partial charge in [-0.25, -0.2) is 0 Å². The number of esters is 1. The molecular formula is C9H15NO2. The van der Waals surface area contributed by atoms with E-state index in [2.05, 4.69) is 0 Å². The highest BCUT2D eigenvalue weighted by molar-refractivity contribution is 5.75. The number of carbonyl (C=O) groups excluding carboxylic acids is 1. The molecule has 0 aromatic rings. The first-order valence-electron chi connectivity index (χ1n) is 4.03. The Morgan fingerprint density at radius 3 is 2.33 bits per heavy atom. The maximum Gasteiger partial charge on any atom is 0.323 e. The summed E-state index contributed by atoms with van der Waals surface area (Å²) in [5, 5.41) is 8.54. The summed E-state index contributed by atoms with van der Waals surface area (Å²) in [6.45, 7) is 7.15. The van der Waals surface area contributed by atoms with Gasteiger partial charge in [-0.2, -0.15) is 5.26 Å². The van der Waals surface area contributed by atoms with Gasteiger partial charge in [0.25, 0.3) is 0 Å². The van der Waals surface area contributed by atoms with E-state index in [0.29, 0.717) is 6.42 Å². The molecule has 0 aromatic heterocycles. The fourth-order valence-electron chi connectivity index (χ4n) is 0.684. The third kappa shape index (κ3) is 3.97. The van der Waals surface area contributed by atoms with Gasteiger partial charge in [0, 0.05) is 0 Å². The summed E-state index contributed by atoms with van der Waals surface area (Å²) < 4.78 is 5.02. The molecular weight excluding hydrogens is 154 g/mol. The van der Waals surface area contributed by atoms with Crippen molar-refractivity contribution in [3.8, 4) is 6.07 Å². The third-order valence-electron chi connectivity index (χ3n) is 1.26. The molecule has 0 bridgehead atoms. The summed E-state index contributed by atoms with van der Waals surface area (Å²) in [5.41, 5.74) is -0.499. The monoisotopic (exact) mass is 169 g/mol. The fourth-order valence-corrected chi connectivity index (χ4v) is 0.684. The lowest BCUT2D eigenvalue weighted by Crippen LogP contribution is -2.27. The number of nitriles is 1. The summed E-state index contributed by atoms with van der Waals surface area (Å²) in [6, 6.07) is 1.90. The number of nitrogens with zero attached hydrogens (tertiary/aromatic N) is 1. The molecule has 0 radical (unpaired) electrons. The normalized spacial score (nSPS) is 13.2. The maximum atomic E-state index is 11.2. The minimum absolute atomic E-state index is 0.424. The second kappa shape index (κ2) is 4.10. The van der Waals surface area contributed by atoms with E-state index in [9.17, 15) is 4.79 Å². The van der Waals surface area contributed by atoms with Crippen LogP contribution in [0.5, 0.6) is 0 Å². The summed E-state index contributed by atoms with van der Waals surface area (Å²) in [5.74, 6) is -1.04. The van der Waals surface area contributed by atoms with Gasteiger partial charge < -0.3 is 4.74 Å². The number of carbonyl (C=O) groups is 1. The number of ether oxygens (including phenoxy) is 1. The fraction of sp³-hybridized carbons (Fsp3) is 0.778. The molecule has 0 aliphatic rings. The van der Waals surface area contributed by atoms with E-state index in [1.165, 1.54) is 0 Å². The van der Waals surface area contributed by atoms with Crippen molar-refractivity contribution in [1.29, 1.82) is 5.26 Å². The van der Waals surface area contributed by atoms with Gasteiger partial charge in [-0.05, 0) is 27.2 Å². The van der Waals surface area contributed by atoms with Crippen LogP contribution in [0.3, 0.4) is 0 Å². The predicted octanol–water partition coefficient (Wildman–Crippen LogP) is 1.88. The first kappa shape index (κ1) is 11.0. The first-order valence-corrected chi connectivity index (χ1v) is 4.03. The van der Waals surface area contributed by atoms with Gasteiger partial charge >= 0.3 is 5.97 Å². The number of rotatable bonds is 2. The Balaban J connectivity index is 4.14. The van der Waals surface area contributed by atoms with Gasteiger partial charge in [0.05, 0.1) is 6.07 Å². The Morgan fingerprint density at radius 2 is 2.08 bits per heavy atom. The highest BCUT2D eigenvalue weighted by atomic mass is 16.6. The average Bonchev–Trinajstić information content (AvgIpc) is 1.85. The standard InChI is InChI=1S/C9H15NO2/c1-5-7(6-10)8(11)12-9(2,3)4/h7H,5H2,1-4H3. The van der Waals surface area contributed by atoms with Crippen LogP contribution >= 0.6 is 0 Å². The highest BCUT2D eigenvalue weighted by Crippen LogP contribution is 2.12. The zero-order valence-corrected chi connectivity index (χ0v) is 8.05. The van der Waals surface area contributed by atoms with Crippen LogP contribution < -0.4 is 0 Å². The number of hydrogen-bond donors (Lipinski definition) is 0. The van der Waals surface area contributed by atoms with Crippen molar-refractivity contribution in [2.75, 3.05) is 0 Å². The Kier molecular flexibility index (Phi) is 3.75. The zero-order valence-electron chi connectivity index (χ0n) is 8.05. The van der Waals surface area contributed by atoms with E-state index in [4.69, 9.17) is 10.00 Å². The molecule has 0 aromatic carbocycles. The Morgan fingerprint density at radius 1 is 1.58 bits per heavy atom. The van der Waals surface area contributed by atoms with Gasteiger partial charge in [0.2, 0.25) is 0 Å². The summed E-state index contributed by atoms with van der Waals surface area (Å²) >= 11 is 0. The molecule has 0 N–H and O–H groups in total. The molecule has 12 heavy (non-hydrogen) atoms. The average molecular weight is 169 g/mol. The Hall–Kier alpha value is -1.04. The first-order chi connectivity index (χ1) is 5.40. The van der Waals surface area contributed by atoms with Crippen LogP contribution in [0.15, 0.2) is 0 Å². The quantitative estimate of drug-likeness (QED) is 0.593. The molecule has 3 heteroatoms. The molecule has 0 aliphatic heterocycles. The maximum absolute atomic E-state index is 11.2. The van der Waals surface area contributed by atoms with Gasteiger partial charge in [0.15, 0.2) is 0 Å². The summed E-state index contributed by atoms with van der Waals surface area (Å²) in [7, 11) is 0. The molecule has 1 unspecified atom stereocenters. The second-order valence-electron chi connectivity index (χ2n) is 3.62. The van der Waals surface area contributed by atoms with Crippen LogP contribution in [0.25, 0.3) is 0 Å². The topological polar surface area (TPSA) is 50.1 Å². The van der Waals surface area contributed by atoms with Crippen molar-refractivity contribution < 1.29 is 9.53 Å². The molecule has 3 nitrogen and oxygen atoms in total. The Bertz CT molecular complexity index is 198. The Labute approximate surface area is 73.3 Å². The summed E-state index contributed by atoms with van der Waals surface area (Å²) in [4.78, 5) is 11.2. The van der Waals surface area contributed by atoms with Crippen LogP contribution in [0.2, 0.25) is 0 Å². The van der Waals surface area contributed by atoms with Gasteiger partial charge in [-0.1, -0.05) is 6.92 Å². The van der Waals surface area contributed by atoms with Crippen LogP contribution in [-0.2, 0) is 9.53 Å². The smallest absolute Gasteiger partial charge is 0.323 e. The van der Waals surface area contributed by atoms with Crippen molar-refractivity contribution in [1.82, 2.24) is 0 Å². The van der Waals surface area contributed by atoms with Crippen molar-refractivity contribution in [2.24, 2.45) is 5.92 Å². The lowest BCUT2D eigenvalue weighted by atomic mass is 10.1. The second-order valence-corrected chi connectivity index (χ2v) is 3.62. The van der Waals surface area contributed by atoms with E-state index in [1.807, 2.05) is 6.07 Å². The highest BCUT2D eigenvalue weighted by Gasteiger charge is 2.23. The van der Waals surface area contributed by atoms with E-state index < -0.39 is 17.5 Å². The van der Waals surface area contributed by atoms with E-state index >= 15 is 0 Å².